The number of oxazole rings is 1. The van der Waals surface area contributed by atoms with E-state index in [4.69, 9.17) is 4.42 Å². The van der Waals surface area contributed by atoms with Crippen molar-refractivity contribution in [2.75, 3.05) is 19.6 Å². The number of benzene rings is 2. The second-order valence-corrected chi connectivity index (χ2v) is 7.02. The van der Waals surface area contributed by atoms with Gasteiger partial charge in [0.15, 0.2) is 0 Å². The molecule has 3 rings (SSSR count). The number of amides is 1. The molecule has 0 spiro atoms. The predicted molar refractivity (Wildman–Crippen MR) is 115 cm³/mol. The molecule has 0 aliphatic heterocycles. The first-order valence-electron chi connectivity index (χ1n) is 10.2. The van der Waals surface area contributed by atoms with Crippen LogP contribution in [-0.2, 0) is 11.2 Å². The molecule has 5 heteroatoms. The van der Waals surface area contributed by atoms with Crippen LogP contribution in [0, 0.1) is 6.92 Å². The minimum atomic E-state index is -0.0471. The molecule has 1 unspecified atom stereocenters. The fraction of sp³-hybridized carbons (Fsp3) is 0.333. The Morgan fingerprint density at radius 2 is 1.66 bits per heavy atom. The molecule has 0 fully saturated rings. The van der Waals surface area contributed by atoms with Crippen molar-refractivity contribution in [3.8, 4) is 11.5 Å². The third kappa shape index (κ3) is 5.33. The van der Waals surface area contributed by atoms with Crippen LogP contribution in [-0.4, -0.2) is 35.4 Å². The molecule has 2 aromatic carbocycles. The largest absolute Gasteiger partial charge is 0.441 e. The number of aryl methyl sites for hydroxylation is 1. The van der Waals surface area contributed by atoms with Gasteiger partial charge in [-0.2, -0.15) is 0 Å². The number of carbonyl (C=O) groups excluding carboxylic acids is 1. The van der Waals surface area contributed by atoms with E-state index in [1.54, 1.807) is 0 Å². The summed E-state index contributed by atoms with van der Waals surface area (Å²) in [5, 5.41) is 3.09. The fourth-order valence-corrected chi connectivity index (χ4v) is 3.52. The Kier molecular flexibility index (Phi) is 7.19. The quantitative estimate of drug-likeness (QED) is 0.588. The normalized spacial score (nSPS) is 12.1. The Labute approximate surface area is 172 Å². The number of nitrogens with one attached hydrogen (secondary N) is 1. The van der Waals surface area contributed by atoms with Gasteiger partial charge in [-0.3, -0.25) is 9.69 Å². The van der Waals surface area contributed by atoms with Crippen molar-refractivity contribution >= 4 is 5.91 Å². The lowest BCUT2D eigenvalue weighted by Gasteiger charge is -2.30. The van der Waals surface area contributed by atoms with Gasteiger partial charge in [0.25, 0.3) is 0 Å². The molecule has 0 bridgehead atoms. The van der Waals surface area contributed by atoms with E-state index in [-0.39, 0.29) is 18.4 Å². The number of hydrogen-bond donors (Lipinski definition) is 1. The van der Waals surface area contributed by atoms with Crippen molar-refractivity contribution in [2.24, 2.45) is 0 Å². The zero-order chi connectivity index (χ0) is 20.6. The highest BCUT2D eigenvalue weighted by Crippen LogP contribution is 2.22. The highest BCUT2D eigenvalue weighted by molar-refractivity contribution is 5.78. The SMILES string of the molecule is CCN(CC)C(CNC(=O)Cc1nc(-c2ccccc2)oc1C)c1ccccc1. The fourth-order valence-electron chi connectivity index (χ4n) is 3.52. The molecular weight excluding hydrogens is 362 g/mol. The Morgan fingerprint density at radius 1 is 1.03 bits per heavy atom. The molecule has 0 saturated carbocycles. The Bertz CT molecular complexity index is 902. The molecule has 1 N–H and O–H groups in total. The summed E-state index contributed by atoms with van der Waals surface area (Å²) in [4.78, 5) is 19.5. The van der Waals surface area contributed by atoms with E-state index in [0.29, 0.717) is 23.9 Å². The van der Waals surface area contributed by atoms with Crippen LogP contribution >= 0.6 is 0 Å². The second kappa shape index (κ2) is 10.0. The van der Waals surface area contributed by atoms with Crippen molar-refractivity contribution in [3.63, 3.8) is 0 Å². The van der Waals surface area contributed by atoms with Crippen LogP contribution < -0.4 is 5.32 Å². The average molecular weight is 392 g/mol. The Hall–Kier alpha value is -2.92. The maximum Gasteiger partial charge on any atom is 0.226 e. The minimum absolute atomic E-state index is 0.0471. The summed E-state index contributed by atoms with van der Waals surface area (Å²) in [6, 6.07) is 20.2. The lowest BCUT2D eigenvalue weighted by molar-refractivity contribution is -0.120. The number of carbonyl (C=O) groups is 1. The number of nitrogens with zero attached hydrogens (tertiary/aromatic N) is 2. The molecular formula is C24H29N3O2. The molecule has 1 atom stereocenters. The third-order valence-corrected chi connectivity index (χ3v) is 5.17. The first kappa shape index (κ1) is 20.8. The van der Waals surface area contributed by atoms with E-state index in [1.165, 1.54) is 5.56 Å². The van der Waals surface area contributed by atoms with Crippen molar-refractivity contribution in [1.82, 2.24) is 15.2 Å². The van der Waals surface area contributed by atoms with Gasteiger partial charge in [0.1, 0.15) is 5.76 Å². The van der Waals surface area contributed by atoms with Crippen LogP contribution in [0.3, 0.4) is 0 Å². The minimum Gasteiger partial charge on any atom is -0.441 e. The van der Waals surface area contributed by atoms with Crippen molar-refractivity contribution in [3.05, 3.63) is 77.7 Å². The van der Waals surface area contributed by atoms with Crippen LogP contribution in [0.15, 0.2) is 65.1 Å². The molecule has 0 aliphatic rings. The maximum atomic E-state index is 12.6. The summed E-state index contributed by atoms with van der Waals surface area (Å²) in [6.45, 7) is 8.55. The zero-order valence-corrected chi connectivity index (χ0v) is 17.4. The van der Waals surface area contributed by atoms with Crippen molar-refractivity contribution in [2.45, 2.75) is 33.2 Å². The van der Waals surface area contributed by atoms with Crippen LogP contribution in [0.1, 0.15) is 36.9 Å². The maximum absolute atomic E-state index is 12.6. The highest BCUT2D eigenvalue weighted by atomic mass is 16.4. The van der Waals surface area contributed by atoms with E-state index < -0.39 is 0 Å². The highest BCUT2D eigenvalue weighted by Gasteiger charge is 2.20. The third-order valence-electron chi connectivity index (χ3n) is 5.17. The smallest absolute Gasteiger partial charge is 0.226 e. The van der Waals surface area contributed by atoms with Gasteiger partial charge < -0.3 is 9.73 Å². The monoisotopic (exact) mass is 391 g/mol. The average Bonchev–Trinajstić information content (AvgIpc) is 3.12. The summed E-state index contributed by atoms with van der Waals surface area (Å²) in [5.74, 6) is 1.19. The molecule has 1 heterocycles. The number of rotatable bonds is 9. The van der Waals surface area contributed by atoms with E-state index in [2.05, 4.69) is 41.2 Å². The summed E-state index contributed by atoms with van der Waals surface area (Å²) < 4.78 is 5.77. The van der Waals surface area contributed by atoms with Crippen molar-refractivity contribution in [1.29, 1.82) is 0 Å². The van der Waals surface area contributed by atoms with Crippen LogP contribution in [0.4, 0.5) is 0 Å². The van der Waals surface area contributed by atoms with Gasteiger partial charge in [0.05, 0.1) is 18.2 Å². The van der Waals surface area contributed by atoms with Gasteiger partial charge in [-0.25, -0.2) is 4.98 Å². The zero-order valence-electron chi connectivity index (χ0n) is 17.4. The molecule has 0 aliphatic carbocycles. The molecule has 3 aromatic rings. The topological polar surface area (TPSA) is 58.4 Å². The number of aromatic nitrogens is 1. The molecule has 29 heavy (non-hydrogen) atoms. The van der Waals surface area contributed by atoms with Gasteiger partial charge in [-0.15, -0.1) is 0 Å². The molecule has 0 saturated heterocycles. The van der Waals surface area contributed by atoms with E-state index in [1.807, 2.05) is 55.5 Å². The van der Waals surface area contributed by atoms with Gasteiger partial charge in [-0.05, 0) is 37.7 Å². The molecule has 152 valence electrons. The van der Waals surface area contributed by atoms with Gasteiger partial charge in [0.2, 0.25) is 11.8 Å². The van der Waals surface area contributed by atoms with E-state index >= 15 is 0 Å². The molecule has 5 nitrogen and oxygen atoms in total. The first-order valence-corrected chi connectivity index (χ1v) is 10.2. The summed E-state index contributed by atoms with van der Waals surface area (Å²) in [5.41, 5.74) is 2.80. The lowest BCUT2D eigenvalue weighted by atomic mass is 10.0. The van der Waals surface area contributed by atoms with Crippen LogP contribution in [0.25, 0.3) is 11.5 Å². The summed E-state index contributed by atoms with van der Waals surface area (Å²) in [6.07, 6.45) is 0.210. The standard InChI is InChI=1S/C24H29N3O2/c1-4-27(5-2)22(19-12-8-6-9-13-19)17-25-23(28)16-21-18(3)29-24(26-21)20-14-10-7-11-15-20/h6-15,22H,4-5,16-17H2,1-3H3,(H,25,28). The van der Waals surface area contributed by atoms with Crippen molar-refractivity contribution < 1.29 is 9.21 Å². The second-order valence-electron chi connectivity index (χ2n) is 7.02. The van der Waals surface area contributed by atoms with Gasteiger partial charge in [-0.1, -0.05) is 62.4 Å². The molecule has 1 aromatic heterocycles. The number of hydrogen-bond acceptors (Lipinski definition) is 4. The molecule has 1 amide bonds. The predicted octanol–water partition coefficient (Wildman–Crippen LogP) is 4.39. The van der Waals surface area contributed by atoms with Gasteiger partial charge >= 0.3 is 0 Å². The van der Waals surface area contributed by atoms with Gasteiger partial charge in [0, 0.05) is 12.1 Å². The van der Waals surface area contributed by atoms with Crippen LogP contribution in [0.2, 0.25) is 0 Å². The summed E-state index contributed by atoms with van der Waals surface area (Å²) in [7, 11) is 0. The number of likely N-dealkylation sites (N-methyl/N-ethyl adjacent to an activating group) is 1. The van der Waals surface area contributed by atoms with E-state index in [0.717, 1.165) is 18.7 Å². The lowest BCUT2D eigenvalue weighted by Crippen LogP contribution is -2.38. The molecule has 0 radical (unpaired) electrons. The Morgan fingerprint density at radius 3 is 2.28 bits per heavy atom. The first-order chi connectivity index (χ1) is 14.1. The summed E-state index contributed by atoms with van der Waals surface area (Å²) >= 11 is 0. The van der Waals surface area contributed by atoms with Crippen LogP contribution in [0.5, 0.6) is 0 Å². The van der Waals surface area contributed by atoms with E-state index in [9.17, 15) is 4.79 Å². The Balaban J connectivity index is 1.66.